The lowest BCUT2D eigenvalue weighted by Gasteiger charge is -2.06. The summed E-state index contributed by atoms with van der Waals surface area (Å²) in [6, 6.07) is 7.04. The third-order valence-electron chi connectivity index (χ3n) is 3.10. The van der Waals surface area contributed by atoms with E-state index in [0.29, 0.717) is 23.6 Å². The number of hydrogen-bond acceptors (Lipinski definition) is 5. The summed E-state index contributed by atoms with van der Waals surface area (Å²) in [5.41, 5.74) is 0. The summed E-state index contributed by atoms with van der Waals surface area (Å²) in [5, 5.41) is 9.75. The number of amides is 3. The van der Waals surface area contributed by atoms with E-state index in [-0.39, 0.29) is 37.2 Å². The minimum atomic E-state index is -0.286. The maximum Gasteiger partial charge on any atom is 0.261 e. The summed E-state index contributed by atoms with van der Waals surface area (Å²) in [7, 11) is 0. The van der Waals surface area contributed by atoms with Gasteiger partial charge in [0.1, 0.15) is 5.76 Å². The van der Waals surface area contributed by atoms with Crippen molar-refractivity contribution in [2.45, 2.75) is 19.4 Å². The monoisotopic (exact) mass is 349 g/mol. The first-order chi connectivity index (χ1) is 11.6. The van der Waals surface area contributed by atoms with Gasteiger partial charge in [0.15, 0.2) is 0 Å². The maximum atomic E-state index is 11.7. The summed E-state index contributed by atoms with van der Waals surface area (Å²) >= 11 is 1.37. The summed E-state index contributed by atoms with van der Waals surface area (Å²) in [4.78, 5) is 35.5. The smallest absolute Gasteiger partial charge is 0.261 e. The maximum absolute atomic E-state index is 11.7. The highest BCUT2D eigenvalue weighted by Crippen LogP contribution is 2.07. The number of thiophene rings is 1. The van der Waals surface area contributed by atoms with E-state index >= 15 is 0 Å². The molecule has 128 valence electrons. The van der Waals surface area contributed by atoms with Crippen LogP contribution in [0.5, 0.6) is 0 Å². The average molecular weight is 349 g/mol. The van der Waals surface area contributed by atoms with Gasteiger partial charge in [0.05, 0.1) is 24.2 Å². The molecule has 0 aromatic carbocycles. The van der Waals surface area contributed by atoms with Gasteiger partial charge >= 0.3 is 0 Å². The van der Waals surface area contributed by atoms with Gasteiger partial charge in [0.2, 0.25) is 11.8 Å². The molecule has 3 N–H and O–H groups in total. The Morgan fingerprint density at radius 2 is 1.92 bits per heavy atom. The Morgan fingerprint density at radius 3 is 2.62 bits per heavy atom. The SMILES string of the molecule is O=C(CCCNC(=O)c1cccs1)NCC(=O)NCc1ccco1. The van der Waals surface area contributed by atoms with E-state index in [0.717, 1.165) is 0 Å². The molecule has 0 saturated heterocycles. The summed E-state index contributed by atoms with van der Waals surface area (Å²) in [6.45, 7) is 0.617. The molecule has 2 heterocycles. The quantitative estimate of drug-likeness (QED) is 0.594. The number of furan rings is 1. The fourth-order valence-electron chi connectivity index (χ4n) is 1.87. The van der Waals surface area contributed by atoms with E-state index < -0.39 is 0 Å². The molecule has 3 amide bonds. The Balaban J connectivity index is 1.51. The van der Waals surface area contributed by atoms with Crippen molar-refractivity contribution in [3.63, 3.8) is 0 Å². The summed E-state index contributed by atoms with van der Waals surface area (Å²) in [5.74, 6) is -0.00172. The van der Waals surface area contributed by atoms with E-state index in [1.54, 1.807) is 18.2 Å². The van der Waals surface area contributed by atoms with Crippen LogP contribution in [0.15, 0.2) is 40.3 Å². The van der Waals surface area contributed by atoms with Crippen LogP contribution in [0, 0.1) is 0 Å². The van der Waals surface area contributed by atoms with Crippen molar-refractivity contribution in [3.05, 3.63) is 46.5 Å². The van der Waals surface area contributed by atoms with E-state index in [1.807, 2.05) is 11.4 Å². The largest absolute Gasteiger partial charge is 0.467 e. The first-order valence-corrected chi connectivity index (χ1v) is 8.40. The minimum absolute atomic E-state index is 0.0822. The van der Waals surface area contributed by atoms with Crippen LogP contribution in [0.25, 0.3) is 0 Å². The van der Waals surface area contributed by atoms with Gasteiger partial charge in [0, 0.05) is 13.0 Å². The number of hydrogen-bond donors (Lipinski definition) is 3. The predicted molar refractivity (Wildman–Crippen MR) is 89.5 cm³/mol. The second-order valence-electron chi connectivity index (χ2n) is 4.97. The fourth-order valence-corrected chi connectivity index (χ4v) is 2.51. The van der Waals surface area contributed by atoms with Crippen LogP contribution < -0.4 is 16.0 Å². The van der Waals surface area contributed by atoms with Crippen molar-refractivity contribution >= 4 is 29.1 Å². The van der Waals surface area contributed by atoms with Gasteiger partial charge in [-0.05, 0) is 30.0 Å². The molecule has 24 heavy (non-hydrogen) atoms. The van der Waals surface area contributed by atoms with E-state index in [2.05, 4.69) is 16.0 Å². The Bertz CT molecular complexity index is 653. The lowest BCUT2D eigenvalue weighted by atomic mass is 10.3. The molecule has 0 saturated carbocycles. The Labute approximate surface area is 143 Å². The van der Waals surface area contributed by atoms with Crippen molar-refractivity contribution in [2.24, 2.45) is 0 Å². The standard InChI is InChI=1S/C16H19N3O4S/c20-14(6-1-7-17-16(22)13-5-3-9-24-13)19-11-15(21)18-10-12-4-2-8-23-12/h2-5,8-9H,1,6-7,10-11H2,(H,17,22)(H,18,21)(H,19,20). The molecule has 0 bridgehead atoms. The van der Waals surface area contributed by atoms with Gasteiger partial charge in [-0.1, -0.05) is 6.07 Å². The zero-order valence-corrected chi connectivity index (χ0v) is 13.9. The number of carbonyl (C=O) groups is 3. The zero-order chi connectivity index (χ0) is 17.2. The number of carbonyl (C=O) groups excluding carboxylic acids is 3. The Morgan fingerprint density at radius 1 is 1.04 bits per heavy atom. The van der Waals surface area contributed by atoms with Gasteiger partial charge in [-0.3, -0.25) is 14.4 Å². The Hall–Kier alpha value is -2.61. The van der Waals surface area contributed by atoms with Crippen molar-refractivity contribution < 1.29 is 18.8 Å². The molecule has 2 rings (SSSR count). The van der Waals surface area contributed by atoms with Gasteiger partial charge in [0.25, 0.3) is 5.91 Å². The first kappa shape index (κ1) is 17.7. The minimum Gasteiger partial charge on any atom is -0.467 e. The van der Waals surface area contributed by atoms with Crippen molar-refractivity contribution in [2.75, 3.05) is 13.1 Å². The second kappa shape index (κ2) is 9.51. The highest BCUT2D eigenvalue weighted by molar-refractivity contribution is 7.12. The molecular formula is C16H19N3O4S. The number of rotatable bonds is 9. The highest BCUT2D eigenvalue weighted by atomic mass is 32.1. The van der Waals surface area contributed by atoms with Gasteiger partial charge in [-0.2, -0.15) is 0 Å². The normalized spacial score (nSPS) is 10.2. The molecule has 0 aliphatic rings. The molecule has 0 aliphatic heterocycles. The lowest BCUT2D eigenvalue weighted by molar-refractivity contribution is -0.126. The van der Waals surface area contributed by atoms with Crippen LogP contribution in [0.3, 0.4) is 0 Å². The van der Waals surface area contributed by atoms with Crippen molar-refractivity contribution in [1.29, 1.82) is 0 Å². The molecule has 0 aliphatic carbocycles. The van der Waals surface area contributed by atoms with Crippen molar-refractivity contribution in [3.8, 4) is 0 Å². The van der Waals surface area contributed by atoms with Crippen LogP contribution in [-0.2, 0) is 16.1 Å². The van der Waals surface area contributed by atoms with Gasteiger partial charge < -0.3 is 20.4 Å². The van der Waals surface area contributed by atoms with Gasteiger partial charge in [-0.25, -0.2) is 0 Å². The fraction of sp³-hybridized carbons (Fsp3) is 0.312. The lowest BCUT2D eigenvalue weighted by Crippen LogP contribution is -2.36. The first-order valence-electron chi connectivity index (χ1n) is 7.52. The average Bonchev–Trinajstić information content (AvgIpc) is 3.28. The molecule has 8 heteroatoms. The molecule has 0 radical (unpaired) electrons. The highest BCUT2D eigenvalue weighted by Gasteiger charge is 2.08. The van der Waals surface area contributed by atoms with Crippen LogP contribution >= 0.6 is 11.3 Å². The van der Waals surface area contributed by atoms with Crippen LogP contribution in [0.2, 0.25) is 0 Å². The molecular weight excluding hydrogens is 330 g/mol. The van der Waals surface area contributed by atoms with Gasteiger partial charge in [-0.15, -0.1) is 11.3 Å². The predicted octanol–water partition coefficient (Wildman–Crippen LogP) is 1.28. The van der Waals surface area contributed by atoms with Crippen LogP contribution in [0.4, 0.5) is 0 Å². The Kier molecular flexibility index (Phi) is 7.03. The molecule has 0 unspecified atom stereocenters. The molecule has 0 atom stereocenters. The van der Waals surface area contributed by atoms with Crippen LogP contribution in [-0.4, -0.2) is 30.8 Å². The summed E-state index contributed by atoms with van der Waals surface area (Å²) in [6.07, 6.45) is 2.29. The molecule has 2 aromatic rings. The molecule has 0 fully saturated rings. The molecule has 7 nitrogen and oxygen atoms in total. The third-order valence-corrected chi connectivity index (χ3v) is 3.97. The van der Waals surface area contributed by atoms with Crippen LogP contribution in [0.1, 0.15) is 28.3 Å². The summed E-state index contributed by atoms with van der Waals surface area (Å²) < 4.78 is 5.09. The third kappa shape index (κ3) is 6.25. The molecule has 0 spiro atoms. The van der Waals surface area contributed by atoms with E-state index in [9.17, 15) is 14.4 Å². The second-order valence-corrected chi connectivity index (χ2v) is 5.92. The van der Waals surface area contributed by atoms with E-state index in [1.165, 1.54) is 17.6 Å². The van der Waals surface area contributed by atoms with E-state index in [4.69, 9.17) is 4.42 Å². The number of nitrogens with one attached hydrogen (secondary N) is 3. The topological polar surface area (TPSA) is 100 Å². The van der Waals surface area contributed by atoms with Crippen molar-refractivity contribution in [1.82, 2.24) is 16.0 Å². The zero-order valence-electron chi connectivity index (χ0n) is 13.0. The molecule has 2 aromatic heterocycles.